The number of carbonyl (C=O) groups is 1. The predicted octanol–water partition coefficient (Wildman–Crippen LogP) is 1.06. The molecule has 0 aliphatic rings. The highest BCUT2D eigenvalue weighted by Gasteiger charge is 2.27. The number of hydrogen-bond donors (Lipinski definition) is 2. The molecule has 3 heteroatoms. The zero-order chi connectivity index (χ0) is 9.99. The number of carbonyl (C=O) groups excluding carboxylic acids is 1. The topological polar surface area (TPSA) is 49.3 Å². The molecule has 0 aromatic heterocycles. The molecule has 3 nitrogen and oxygen atoms in total. The molecule has 0 saturated heterocycles. The second-order valence-corrected chi connectivity index (χ2v) is 4.55. The van der Waals surface area contributed by atoms with Crippen LogP contribution < -0.4 is 5.32 Å². The summed E-state index contributed by atoms with van der Waals surface area (Å²) in [5.41, 5.74) is -1.09. The minimum Gasteiger partial charge on any atom is -0.390 e. The minimum atomic E-state index is -0.744. The second-order valence-electron chi connectivity index (χ2n) is 4.55. The van der Waals surface area contributed by atoms with Crippen LogP contribution in [0.15, 0.2) is 0 Å². The number of rotatable bonds is 3. The highest BCUT2D eigenvalue weighted by Crippen LogP contribution is 2.18. The van der Waals surface area contributed by atoms with Gasteiger partial charge in [-0.2, -0.15) is 0 Å². The minimum absolute atomic E-state index is 0.0655. The smallest absolute Gasteiger partial charge is 0.217 e. The van der Waals surface area contributed by atoms with E-state index >= 15 is 0 Å². The third-order valence-electron chi connectivity index (χ3n) is 1.39. The third-order valence-corrected chi connectivity index (χ3v) is 1.39. The van der Waals surface area contributed by atoms with E-state index in [1.807, 2.05) is 13.8 Å². The Bertz CT molecular complexity index is 168. The van der Waals surface area contributed by atoms with Gasteiger partial charge in [0, 0.05) is 12.5 Å². The molecule has 0 unspecified atom stereocenters. The summed E-state index contributed by atoms with van der Waals surface area (Å²) < 4.78 is 0. The molecule has 0 heterocycles. The molecule has 0 aromatic rings. The summed E-state index contributed by atoms with van der Waals surface area (Å²) in [6.07, 6.45) is 0.541. The summed E-state index contributed by atoms with van der Waals surface area (Å²) in [4.78, 5) is 10.8. The van der Waals surface area contributed by atoms with Crippen LogP contribution in [0.5, 0.6) is 0 Å². The summed E-state index contributed by atoms with van der Waals surface area (Å²) in [6.45, 7) is 8.73. The van der Waals surface area contributed by atoms with E-state index in [9.17, 15) is 9.90 Å². The average Bonchev–Trinajstić information content (AvgIpc) is 1.48. The monoisotopic (exact) mass is 173 g/mol. The van der Waals surface area contributed by atoms with Crippen LogP contribution in [0.25, 0.3) is 0 Å². The summed E-state index contributed by atoms with van der Waals surface area (Å²) in [6, 6.07) is 0. The van der Waals surface area contributed by atoms with Gasteiger partial charge in [0.2, 0.25) is 5.91 Å². The summed E-state index contributed by atoms with van der Waals surface area (Å²) in [5.74, 6) is -0.0655. The molecule has 72 valence electrons. The zero-order valence-corrected chi connectivity index (χ0v) is 8.56. The summed E-state index contributed by atoms with van der Waals surface area (Å²) in [5, 5.41) is 12.3. The summed E-state index contributed by atoms with van der Waals surface area (Å²) >= 11 is 0. The SMILES string of the molecule is CC(=O)NC(C)(C)CC(C)(C)O. The van der Waals surface area contributed by atoms with Crippen molar-refractivity contribution >= 4 is 5.91 Å². The first-order chi connectivity index (χ1) is 5.12. The van der Waals surface area contributed by atoms with Crippen LogP contribution in [0.4, 0.5) is 0 Å². The van der Waals surface area contributed by atoms with Gasteiger partial charge in [0.1, 0.15) is 0 Å². The molecule has 0 spiro atoms. The normalized spacial score (nSPS) is 12.8. The largest absolute Gasteiger partial charge is 0.390 e. The first-order valence-corrected chi connectivity index (χ1v) is 4.13. The van der Waals surface area contributed by atoms with Gasteiger partial charge in [0.25, 0.3) is 0 Å². The molecule has 12 heavy (non-hydrogen) atoms. The van der Waals surface area contributed by atoms with Crippen molar-refractivity contribution in [1.82, 2.24) is 5.32 Å². The Morgan fingerprint density at radius 3 is 2.00 bits per heavy atom. The highest BCUT2D eigenvalue weighted by molar-refractivity contribution is 5.73. The van der Waals surface area contributed by atoms with Gasteiger partial charge in [-0.1, -0.05) is 0 Å². The Kier molecular flexibility index (Phi) is 3.27. The van der Waals surface area contributed by atoms with Gasteiger partial charge in [-0.3, -0.25) is 4.79 Å². The van der Waals surface area contributed by atoms with Gasteiger partial charge in [-0.05, 0) is 34.1 Å². The van der Waals surface area contributed by atoms with Gasteiger partial charge in [-0.15, -0.1) is 0 Å². The molecule has 1 amide bonds. The van der Waals surface area contributed by atoms with Crippen molar-refractivity contribution < 1.29 is 9.90 Å². The molecule has 0 fully saturated rings. The van der Waals surface area contributed by atoms with E-state index in [0.717, 1.165) is 0 Å². The van der Waals surface area contributed by atoms with Crippen molar-refractivity contribution in [1.29, 1.82) is 0 Å². The van der Waals surface area contributed by atoms with Gasteiger partial charge < -0.3 is 10.4 Å². The average molecular weight is 173 g/mol. The molecule has 0 radical (unpaired) electrons. The molecule has 0 bridgehead atoms. The van der Waals surface area contributed by atoms with Crippen molar-refractivity contribution in [2.45, 2.75) is 52.2 Å². The fourth-order valence-electron chi connectivity index (χ4n) is 1.60. The molecule has 2 N–H and O–H groups in total. The molecular formula is C9H19NO2. The van der Waals surface area contributed by atoms with E-state index < -0.39 is 5.60 Å². The zero-order valence-electron chi connectivity index (χ0n) is 8.56. The van der Waals surface area contributed by atoms with Crippen molar-refractivity contribution in [2.75, 3.05) is 0 Å². The second kappa shape index (κ2) is 3.44. The lowest BCUT2D eigenvalue weighted by Gasteiger charge is -2.31. The van der Waals surface area contributed by atoms with Crippen molar-refractivity contribution in [2.24, 2.45) is 0 Å². The van der Waals surface area contributed by atoms with E-state index in [1.165, 1.54) is 6.92 Å². The van der Waals surface area contributed by atoms with E-state index in [2.05, 4.69) is 5.32 Å². The number of hydrogen-bond acceptors (Lipinski definition) is 2. The fraction of sp³-hybridized carbons (Fsp3) is 0.889. The van der Waals surface area contributed by atoms with Crippen LogP contribution in [0.1, 0.15) is 41.0 Å². The Morgan fingerprint density at radius 2 is 1.75 bits per heavy atom. The molecule has 0 aliphatic heterocycles. The molecule has 0 saturated carbocycles. The maximum Gasteiger partial charge on any atom is 0.217 e. The van der Waals surface area contributed by atoms with Crippen molar-refractivity contribution in [3.05, 3.63) is 0 Å². The molecule has 0 aromatic carbocycles. The van der Waals surface area contributed by atoms with E-state index in [0.29, 0.717) is 6.42 Å². The lowest BCUT2D eigenvalue weighted by atomic mass is 9.89. The number of amides is 1. The maximum atomic E-state index is 10.8. The predicted molar refractivity (Wildman–Crippen MR) is 48.8 cm³/mol. The van der Waals surface area contributed by atoms with Crippen LogP contribution in [0.3, 0.4) is 0 Å². The quantitative estimate of drug-likeness (QED) is 0.670. The maximum absolute atomic E-state index is 10.8. The lowest BCUT2D eigenvalue weighted by molar-refractivity contribution is -0.121. The Hall–Kier alpha value is -0.570. The van der Waals surface area contributed by atoms with E-state index in [4.69, 9.17) is 0 Å². The molecule has 0 rings (SSSR count). The van der Waals surface area contributed by atoms with Crippen molar-refractivity contribution in [3.63, 3.8) is 0 Å². The van der Waals surface area contributed by atoms with Gasteiger partial charge in [0.15, 0.2) is 0 Å². The molecular weight excluding hydrogens is 154 g/mol. The molecule has 0 atom stereocenters. The first-order valence-electron chi connectivity index (χ1n) is 4.13. The number of nitrogens with one attached hydrogen (secondary N) is 1. The summed E-state index contributed by atoms with van der Waals surface area (Å²) in [7, 11) is 0. The lowest BCUT2D eigenvalue weighted by Crippen LogP contribution is -2.46. The fourth-order valence-corrected chi connectivity index (χ4v) is 1.60. The Labute approximate surface area is 74.2 Å². The van der Waals surface area contributed by atoms with Crippen LogP contribution in [-0.2, 0) is 4.79 Å². The van der Waals surface area contributed by atoms with Crippen molar-refractivity contribution in [3.8, 4) is 0 Å². The third kappa shape index (κ3) is 6.16. The van der Waals surface area contributed by atoms with Gasteiger partial charge >= 0.3 is 0 Å². The standard InChI is InChI=1S/C9H19NO2/c1-7(11)10-8(2,3)6-9(4,5)12/h12H,6H2,1-5H3,(H,10,11). The van der Waals surface area contributed by atoms with Crippen LogP contribution in [0.2, 0.25) is 0 Å². The van der Waals surface area contributed by atoms with Crippen LogP contribution >= 0.6 is 0 Å². The van der Waals surface area contributed by atoms with Crippen LogP contribution in [-0.4, -0.2) is 22.2 Å². The van der Waals surface area contributed by atoms with Gasteiger partial charge in [-0.25, -0.2) is 0 Å². The number of aliphatic hydroxyl groups is 1. The van der Waals surface area contributed by atoms with E-state index in [-0.39, 0.29) is 11.4 Å². The highest BCUT2D eigenvalue weighted by atomic mass is 16.3. The molecule has 0 aliphatic carbocycles. The Morgan fingerprint density at radius 1 is 1.33 bits per heavy atom. The van der Waals surface area contributed by atoms with E-state index in [1.54, 1.807) is 13.8 Å². The first kappa shape index (κ1) is 11.4. The Balaban J connectivity index is 4.13. The van der Waals surface area contributed by atoms with Crippen LogP contribution in [0, 0.1) is 0 Å². The van der Waals surface area contributed by atoms with Gasteiger partial charge in [0.05, 0.1) is 5.60 Å².